The van der Waals surface area contributed by atoms with E-state index in [2.05, 4.69) is 88.5 Å². The van der Waals surface area contributed by atoms with Gasteiger partial charge in [0.05, 0.1) is 12.6 Å². The SMILES string of the molecule is COc1cc(NCC(CNC(Cc2ccccc2)c2c[nH]c3ccccc23)Cc2ccc3c(c2)OCO3)nc2ccccc12. The van der Waals surface area contributed by atoms with Gasteiger partial charge < -0.3 is 29.8 Å². The average molecular weight is 585 g/mol. The van der Waals surface area contributed by atoms with E-state index in [4.69, 9.17) is 19.2 Å². The summed E-state index contributed by atoms with van der Waals surface area (Å²) in [5.41, 5.74) is 5.84. The number of aromatic amines is 1. The highest BCUT2D eigenvalue weighted by Crippen LogP contribution is 2.34. The second-order valence-corrected chi connectivity index (χ2v) is 11.3. The zero-order chi connectivity index (χ0) is 29.7. The Morgan fingerprint density at radius 1 is 0.795 bits per heavy atom. The van der Waals surface area contributed by atoms with Gasteiger partial charge in [0.25, 0.3) is 0 Å². The molecule has 0 fully saturated rings. The molecule has 3 heterocycles. The molecule has 7 heteroatoms. The highest BCUT2D eigenvalue weighted by atomic mass is 16.7. The molecular weight excluding hydrogens is 548 g/mol. The maximum atomic E-state index is 5.70. The van der Waals surface area contributed by atoms with Crippen molar-refractivity contribution in [2.24, 2.45) is 5.92 Å². The Labute approximate surface area is 257 Å². The van der Waals surface area contributed by atoms with Crippen LogP contribution >= 0.6 is 0 Å². The minimum Gasteiger partial charge on any atom is -0.496 e. The largest absolute Gasteiger partial charge is 0.496 e. The van der Waals surface area contributed by atoms with Crippen molar-refractivity contribution < 1.29 is 14.2 Å². The van der Waals surface area contributed by atoms with Crippen LogP contribution in [0.3, 0.4) is 0 Å². The molecule has 2 aromatic heterocycles. The van der Waals surface area contributed by atoms with Crippen molar-refractivity contribution in [1.29, 1.82) is 0 Å². The number of hydrogen-bond acceptors (Lipinski definition) is 6. The second-order valence-electron chi connectivity index (χ2n) is 11.3. The van der Waals surface area contributed by atoms with Crippen LogP contribution in [0, 0.1) is 5.92 Å². The fourth-order valence-corrected chi connectivity index (χ4v) is 6.10. The molecule has 2 atom stereocenters. The van der Waals surface area contributed by atoms with Crippen LogP contribution in [-0.2, 0) is 12.8 Å². The standard InChI is InChI=1S/C37H36N4O3/c1-42-35-20-37(41-32-14-8-6-12-29(32)35)40-22-27(17-26-15-16-34-36(19-26)44-24-43-34)21-38-33(18-25-9-3-2-4-10-25)30-23-39-31-13-7-5-11-28(30)31/h2-16,19-20,23,27,33,38-39H,17-18,21-22,24H2,1H3,(H,40,41). The molecule has 0 saturated heterocycles. The molecule has 7 rings (SSSR count). The zero-order valence-electron chi connectivity index (χ0n) is 24.8. The molecule has 1 aliphatic heterocycles. The lowest BCUT2D eigenvalue weighted by molar-refractivity contribution is 0.174. The Kier molecular flexibility index (Phi) is 8.02. The molecule has 2 unspecified atom stereocenters. The topological polar surface area (TPSA) is 80.4 Å². The maximum Gasteiger partial charge on any atom is 0.231 e. The van der Waals surface area contributed by atoms with Gasteiger partial charge >= 0.3 is 0 Å². The number of para-hydroxylation sites is 2. The van der Waals surface area contributed by atoms with Crippen LogP contribution in [0.1, 0.15) is 22.7 Å². The smallest absolute Gasteiger partial charge is 0.231 e. The first-order chi connectivity index (χ1) is 21.7. The summed E-state index contributed by atoms with van der Waals surface area (Å²) < 4.78 is 17.0. The van der Waals surface area contributed by atoms with Crippen molar-refractivity contribution in [3.8, 4) is 17.2 Å². The van der Waals surface area contributed by atoms with Gasteiger partial charge in [0.15, 0.2) is 11.5 Å². The van der Waals surface area contributed by atoms with E-state index in [1.807, 2.05) is 36.4 Å². The molecule has 1 aliphatic rings. The molecule has 0 amide bonds. The molecule has 4 aromatic carbocycles. The number of rotatable bonds is 12. The summed E-state index contributed by atoms with van der Waals surface area (Å²) in [5.74, 6) is 3.47. The van der Waals surface area contributed by atoms with Crippen molar-refractivity contribution in [3.63, 3.8) is 0 Å². The highest BCUT2D eigenvalue weighted by molar-refractivity contribution is 5.87. The molecule has 6 aromatic rings. The van der Waals surface area contributed by atoms with Crippen molar-refractivity contribution in [1.82, 2.24) is 15.3 Å². The first-order valence-corrected chi connectivity index (χ1v) is 15.1. The Morgan fingerprint density at radius 2 is 1.59 bits per heavy atom. The molecule has 0 saturated carbocycles. The third kappa shape index (κ3) is 6.05. The molecule has 0 bridgehead atoms. The van der Waals surface area contributed by atoms with Gasteiger partial charge in [-0.1, -0.05) is 66.7 Å². The van der Waals surface area contributed by atoms with E-state index in [1.165, 1.54) is 22.1 Å². The van der Waals surface area contributed by atoms with Gasteiger partial charge in [-0.2, -0.15) is 0 Å². The molecule has 0 spiro atoms. The Hall–Kier alpha value is -5.01. The van der Waals surface area contributed by atoms with Crippen molar-refractivity contribution in [3.05, 3.63) is 126 Å². The zero-order valence-corrected chi connectivity index (χ0v) is 24.8. The number of H-pyrrole nitrogens is 1. The fraction of sp³-hybridized carbons (Fsp3) is 0.216. The lowest BCUT2D eigenvalue weighted by Gasteiger charge is -2.24. The highest BCUT2D eigenvalue weighted by Gasteiger charge is 2.21. The van der Waals surface area contributed by atoms with E-state index in [0.717, 1.165) is 65.4 Å². The number of methoxy groups -OCH3 is 1. The van der Waals surface area contributed by atoms with E-state index < -0.39 is 0 Å². The Balaban J connectivity index is 1.15. The number of nitrogens with one attached hydrogen (secondary N) is 3. The predicted octanol–water partition coefficient (Wildman–Crippen LogP) is 7.30. The van der Waals surface area contributed by atoms with Crippen LogP contribution in [0.15, 0.2) is 109 Å². The quantitative estimate of drug-likeness (QED) is 0.140. The Morgan fingerprint density at radius 3 is 2.48 bits per heavy atom. The third-order valence-corrected chi connectivity index (χ3v) is 8.36. The van der Waals surface area contributed by atoms with E-state index >= 15 is 0 Å². The summed E-state index contributed by atoms with van der Waals surface area (Å²) in [7, 11) is 1.70. The third-order valence-electron chi connectivity index (χ3n) is 8.36. The van der Waals surface area contributed by atoms with E-state index in [9.17, 15) is 0 Å². The van der Waals surface area contributed by atoms with Gasteiger partial charge in [0.1, 0.15) is 11.6 Å². The molecule has 44 heavy (non-hydrogen) atoms. The van der Waals surface area contributed by atoms with Crippen LogP contribution < -0.4 is 24.8 Å². The van der Waals surface area contributed by atoms with E-state index in [1.54, 1.807) is 7.11 Å². The van der Waals surface area contributed by atoms with Crippen molar-refractivity contribution >= 4 is 27.6 Å². The minimum absolute atomic E-state index is 0.131. The number of pyridine rings is 1. The number of hydrogen-bond donors (Lipinski definition) is 3. The number of benzene rings is 4. The van der Waals surface area contributed by atoms with Crippen LogP contribution in [0.25, 0.3) is 21.8 Å². The van der Waals surface area contributed by atoms with Gasteiger partial charge in [-0.15, -0.1) is 0 Å². The van der Waals surface area contributed by atoms with Crippen LogP contribution in [0.2, 0.25) is 0 Å². The lowest BCUT2D eigenvalue weighted by Crippen LogP contribution is -2.33. The molecule has 0 aliphatic carbocycles. The van der Waals surface area contributed by atoms with E-state index in [0.29, 0.717) is 0 Å². The van der Waals surface area contributed by atoms with Crippen molar-refractivity contribution in [2.45, 2.75) is 18.9 Å². The molecule has 0 radical (unpaired) electrons. The first kappa shape index (κ1) is 27.8. The lowest BCUT2D eigenvalue weighted by atomic mass is 9.95. The number of fused-ring (bicyclic) bond motifs is 3. The Bertz CT molecular complexity index is 1870. The molecule has 7 nitrogen and oxygen atoms in total. The normalized spacial score (nSPS) is 13.7. The van der Waals surface area contributed by atoms with Crippen LogP contribution in [-0.4, -0.2) is 37.0 Å². The summed E-state index contributed by atoms with van der Waals surface area (Å²) in [6.45, 7) is 1.79. The van der Waals surface area contributed by atoms with Gasteiger partial charge in [0.2, 0.25) is 6.79 Å². The monoisotopic (exact) mass is 584 g/mol. The van der Waals surface area contributed by atoms with Crippen LogP contribution in [0.5, 0.6) is 17.2 Å². The van der Waals surface area contributed by atoms with Gasteiger partial charge in [-0.05, 0) is 65.8 Å². The van der Waals surface area contributed by atoms with Gasteiger partial charge in [-0.3, -0.25) is 0 Å². The average Bonchev–Trinajstić information content (AvgIpc) is 3.72. The molecule has 222 valence electrons. The van der Waals surface area contributed by atoms with E-state index in [-0.39, 0.29) is 18.8 Å². The predicted molar refractivity (Wildman–Crippen MR) is 176 cm³/mol. The summed E-state index contributed by atoms with van der Waals surface area (Å²) in [4.78, 5) is 8.36. The van der Waals surface area contributed by atoms with Gasteiger partial charge in [0, 0.05) is 47.7 Å². The first-order valence-electron chi connectivity index (χ1n) is 15.1. The van der Waals surface area contributed by atoms with Crippen LogP contribution in [0.4, 0.5) is 5.82 Å². The molecule has 3 N–H and O–H groups in total. The minimum atomic E-state index is 0.131. The number of anilines is 1. The summed E-state index contributed by atoms with van der Waals surface area (Å²) in [5, 5.41) is 9.84. The van der Waals surface area contributed by atoms with Gasteiger partial charge in [-0.25, -0.2) is 4.98 Å². The number of ether oxygens (including phenoxy) is 3. The fourth-order valence-electron chi connectivity index (χ4n) is 6.10. The number of aromatic nitrogens is 2. The maximum absolute atomic E-state index is 5.70. The van der Waals surface area contributed by atoms with Crippen molar-refractivity contribution in [2.75, 3.05) is 32.3 Å². The summed E-state index contributed by atoms with van der Waals surface area (Å²) >= 11 is 0. The molecular formula is C37H36N4O3. The summed E-state index contributed by atoms with van der Waals surface area (Å²) in [6, 6.07) is 35.6. The number of nitrogens with zero attached hydrogens (tertiary/aromatic N) is 1. The second kappa shape index (κ2) is 12.7. The summed E-state index contributed by atoms with van der Waals surface area (Å²) in [6.07, 6.45) is 3.89.